The van der Waals surface area contributed by atoms with Crippen molar-refractivity contribution in [2.45, 2.75) is 32.6 Å². The van der Waals surface area contributed by atoms with Crippen LogP contribution in [0.4, 0.5) is 0 Å². The number of fused-ring (bicyclic) bond motifs is 1. The van der Waals surface area contributed by atoms with Crippen molar-refractivity contribution in [2.75, 3.05) is 0 Å². The lowest BCUT2D eigenvalue weighted by Crippen LogP contribution is -2.12. The number of carboxylic acid groups (broad SMARTS) is 1. The van der Waals surface area contributed by atoms with Crippen LogP contribution in [0.3, 0.4) is 0 Å². The minimum absolute atomic E-state index is 0.246. The fraction of sp³-hybridized carbons (Fsp3) is 0.500. The van der Waals surface area contributed by atoms with Gasteiger partial charge in [0.1, 0.15) is 0 Å². The lowest BCUT2D eigenvalue weighted by molar-refractivity contribution is -0.141. The van der Waals surface area contributed by atoms with Gasteiger partial charge in [-0.2, -0.15) is 0 Å². The van der Waals surface area contributed by atoms with Gasteiger partial charge in [0, 0.05) is 11.9 Å². The monoisotopic (exact) mass is 205 g/mol. The highest BCUT2D eigenvalue weighted by Gasteiger charge is 2.27. The number of aliphatic carboxylic acids is 1. The van der Waals surface area contributed by atoms with E-state index in [9.17, 15) is 4.79 Å². The Hall–Kier alpha value is -1.38. The Morgan fingerprint density at radius 3 is 2.73 bits per heavy atom. The minimum atomic E-state index is -0.697. The fourth-order valence-electron chi connectivity index (χ4n) is 2.01. The van der Waals surface area contributed by atoms with Gasteiger partial charge in [-0.25, -0.2) is 0 Å². The van der Waals surface area contributed by atoms with Gasteiger partial charge < -0.3 is 5.11 Å². The lowest BCUT2D eigenvalue weighted by atomic mass is 10.1. The van der Waals surface area contributed by atoms with Crippen LogP contribution in [0.15, 0.2) is 12.3 Å². The van der Waals surface area contributed by atoms with Gasteiger partial charge in [0.15, 0.2) is 0 Å². The lowest BCUT2D eigenvalue weighted by Gasteiger charge is -2.06. The average Bonchev–Trinajstić information content (AvgIpc) is 2.59. The molecule has 1 unspecified atom stereocenters. The second-order valence-electron chi connectivity index (χ2n) is 4.48. The zero-order valence-corrected chi connectivity index (χ0v) is 9.03. The number of nitrogens with zero attached hydrogens (tertiary/aromatic N) is 1. The van der Waals surface area contributed by atoms with Crippen molar-refractivity contribution in [3.63, 3.8) is 0 Å². The summed E-state index contributed by atoms with van der Waals surface area (Å²) in [4.78, 5) is 15.2. The standard InChI is InChI=1S/C12H15NO2/c1-7(2)11-5-8-3-9(12(14)15)4-10(8)6-13-11/h5-7,9H,3-4H2,1-2H3,(H,14,15). The van der Waals surface area contributed by atoms with E-state index in [-0.39, 0.29) is 5.92 Å². The molecule has 0 amide bonds. The van der Waals surface area contributed by atoms with E-state index in [2.05, 4.69) is 24.9 Å². The third-order valence-corrected chi connectivity index (χ3v) is 2.98. The SMILES string of the molecule is CC(C)c1cc2c(cn1)CC(C(=O)O)C2. The quantitative estimate of drug-likeness (QED) is 0.803. The van der Waals surface area contributed by atoms with Crippen LogP contribution < -0.4 is 0 Å². The Labute approximate surface area is 89.2 Å². The van der Waals surface area contributed by atoms with Gasteiger partial charge in [0.05, 0.1) is 5.92 Å². The largest absolute Gasteiger partial charge is 0.481 e. The molecular weight excluding hydrogens is 190 g/mol. The summed E-state index contributed by atoms with van der Waals surface area (Å²) in [5.74, 6) is -0.541. The number of hydrogen-bond acceptors (Lipinski definition) is 2. The summed E-state index contributed by atoms with van der Waals surface area (Å²) in [6, 6.07) is 2.06. The van der Waals surface area contributed by atoms with Gasteiger partial charge in [0.2, 0.25) is 0 Å². The van der Waals surface area contributed by atoms with E-state index in [1.807, 2.05) is 6.20 Å². The summed E-state index contributed by atoms with van der Waals surface area (Å²) < 4.78 is 0. The van der Waals surface area contributed by atoms with E-state index < -0.39 is 5.97 Å². The number of hydrogen-bond donors (Lipinski definition) is 1. The number of aromatic nitrogens is 1. The second kappa shape index (κ2) is 3.65. The molecule has 0 saturated carbocycles. The first-order valence-electron chi connectivity index (χ1n) is 5.28. The van der Waals surface area contributed by atoms with Crippen LogP contribution in [0.1, 0.15) is 36.6 Å². The molecule has 15 heavy (non-hydrogen) atoms. The molecule has 0 aromatic carbocycles. The topological polar surface area (TPSA) is 50.2 Å². The van der Waals surface area contributed by atoms with Crippen LogP contribution in [-0.4, -0.2) is 16.1 Å². The zero-order valence-electron chi connectivity index (χ0n) is 9.03. The summed E-state index contributed by atoms with van der Waals surface area (Å²) in [5, 5.41) is 8.94. The van der Waals surface area contributed by atoms with Gasteiger partial charge >= 0.3 is 5.97 Å². The highest BCUT2D eigenvalue weighted by Crippen LogP contribution is 2.28. The van der Waals surface area contributed by atoms with Crippen molar-refractivity contribution in [3.05, 3.63) is 29.1 Å². The normalized spacial score (nSPS) is 19.3. The first kappa shape index (κ1) is 10.1. The maximum Gasteiger partial charge on any atom is 0.307 e. The van der Waals surface area contributed by atoms with Crippen molar-refractivity contribution in [2.24, 2.45) is 5.92 Å². The molecule has 0 fully saturated rings. The predicted molar refractivity (Wildman–Crippen MR) is 56.9 cm³/mol. The van der Waals surface area contributed by atoms with Crippen LogP contribution in [0.2, 0.25) is 0 Å². The van der Waals surface area contributed by atoms with E-state index >= 15 is 0 Å². The molecular formula is C12H15NO2. The molecule has 1 aromatic heterocycles. The summed E-state index contributed by atoms with van der Waals surface area (Å²) in [6.45, 7) is 4.19. The van der Waals surface area contributed by atoms with Gasteiger partial charge in [0.25, 0.3) is 0 Å². The Kier molecular flexibility index (Phi) is 2.47. The summed E-state index contributed by atoms with van der Waals surface area (Å²) in [6.07, 6.45) is 3.14. The molecule has 2 rings (SSSR count). The minimum Gasteiger partial charge on any atom is -0.481 e. The molecule has 80 valence electrons. The number of carboxylic acids is 1. The van der Waals surface area contributed by atoms with E-state index in [0.717, 1.165) is 11.3 Å². The van der Waals surface area contributed by atoms with Crippen molar-refractivity contribution in [1.29, 1.82) is 0 Å². The maximum absolute atomic E-state index is 10.9. The van der Waals surface area contributed by atoms with Crippen molar-refractivity contribution in [1.82, 2.24) is 4.98 Å². The van der Waals surface area contributed by atoms with Crippen LogP contribution >= 0.6 is 0 Å². The molecule has 1 heterocycles. The Morgan fingerprint density at radius 2 is 2.13 bits per heavy atom. The first-order valence-corrected chi connectivity index (χ1v) is 5.28. The number of pyridine rings is 1. The maximum atomic E-state index is 10.9. The molecule has 0 radical (unpaired) electrons. The third-order valence-electron chi connectivity index (χ3n) is 2.98. The summed E-state index contributed by atoms with van der Waals surface area (Å²) in [7, 11) is 0. The van der Waals surface area contributed by atoms with Gasteiger partial charge in [-0.15, -0.1) is 0 Å². The molecule has 1 N–H and O–H groups in total. The molecule has 0 aliphatic heterocycles. The van der Waals surface area contributed by atoms with Gasteiger partial charge in [-0.05, 0) is 36.0 Å². The average molecular weight is 205 g/mol. The van der Waals surface area contributed by atoms with E-state index in [0.29, 0.717) is 18.8 Å². The Balaban J connectivity index is 2.27. The van der Waals surface area contributed by atoms with Crippen LogP contribution in [0.25, 0.3) is 0 Å². The molecule has 3 nitrogen and oxygen atoms in total. The summed E-state index contributed by atoms with van der Waals surface area (Å²) in [5.41, 5.74) is 3.33. The zero-order chi connectivity index (χ0) is 11.0. The smallest absolute Gasteiger partial charge is 0.307 e. The molecule has 1 atom stereocenters. The Bertz CT molecular complexity index is 399. The molecule has 1 aromatic rings. The van der Waals surface area contributed by atoms with Crippen LogP contribution in [-0.2, 0) is 17.6 Å². The summed E-state index contributed by atoms with van der Waals surface area (Å²) >= 11 is 0. The highest BCUT2D eigenvalue weighted by molar-refractivity contribution is 5.72. The van der Waals surface area contributed by atoms with E-state index in [1.165, 1.54) is 5.56 Å². The number of carbonyl (C=O) groups is 1. The molecule has 0 spiro atoms. The van der Waals surface area contributed by atoms with E-state index in [4.69, 9.17) is 5.11 Å². The molecule has 3 heteroatoms. The van der Waals surface area contributed by atoms with Gasteiger partial charge in [-0.3, -0.25) is 9.78 Å². The van der Waals surface area contributed by atoms with Gasteiger partial charge in [-0.1, -0.05) is 13.8 Å². The van der Waals surface area contributed by atoms with Crippen LogP contribution in [0, 0.1) is 5.92 Å². The predicted octanol–water partition coefficient (Wildman–Crippen LogP) is 2.00. The number of rotatable bonds is 2. The van der Waals surface area contributed by atoms with Crippen molar-refractivity contribution < 1.29 is 9.90 Å². The van der Waals surface area contributed by atoms with E-state index in [1.54, 1.807) is 0 Å². The second-order valence-corrected chi connectivity index (χ2v) is 4.48. The van der Waals surface area contributed by atoms with Crippen molar-refractivity contribution >= 4 is 5.97 Å². The Morgan fingerprint density at radius 1 is 1.47 bits per heavy atom. The van der Waals surface area contributed by atoms with Crippen molar-refractivity contribution in [3.8, 4) is 0 Å². The highest BCUT2D eigenvalue weighted by atomic mass is 16.4. The first-order chi connectivity index (χ1) is 7.08. The fourth-order valence-corrected chi connectivity index (χ4v) is 2.01. The third kappa shape index (κ3) is 1.87. The molecule has 1 aliphatic rings. The molecule has 0 bridgehead atoms. The van der Waals surface area contributed by atoms with Crippen LogP contribution in [0.5, 0.6) is 0 Å². The molecule has 1 aliphatic carbocycles. The molecule has 0 saturated heterocycles.